The summed E-state index contributed by atoms with van der Waals surface area (Å²) in [7, 11) is 3.50. The lowest BCUT2D eigenvalue weighted by Crippen LogP contribution is -2.45. The number of benzene rings is 2. The van der Waals surface area contributed by atoms with Crippen LogP contribution in [0.3, 0.4) is 0 Å². The summed E-state index contributed by atoms with van der Waals surface area (Å²) in [5.74, 6) is 0.802. The molecule has 0 saturated heterocycles. The average Bonchev–Trinajstić information content (AvgIpc) is 2.57. The van der Waals surface area contributed by atoms with Crippen molar-refractivity contribution in [2.45, 2.75) is 25.9 Å². The van der Waals surface area contributed by atoms with E-state index in [1.165, 1.54) is 16.3 Å². The van der Waals surface area contributed by atoms with E-state index in [9.17, 15) is 0 Å². The summed E-state index contributed by atoms with van der Waals surface area (Å²) in [5, 5.41) is 9.20. The number of fused-ring (bicyclic) bond motifs is 1. The van der Waals surface area contributed by atoms with Gasteiger partial charge in [-0.15, -0.1) is 0 Å². The average molecular weight is 313 g/mol. The van der Waals surface area contributed by atoms with Crippen LogP contribution < -0.4 is 10.6 Å². The standard InChI is InChI=1S/C19H27N3O/c1-19(2,23-4)14-22-18(20-3)21-12-11-15-9-10-16-7-5-6-8-17(16)13-15/h5-10,13H,11-12,14H2,1-4H3,(H2,20,21,22). The Kier molecular flexibility index (Phi) is 5.99. The van der Waals surface area contributed by atoms with Crippen LogP contribution in [0.15, 0.2) is 47.5 Å². The van der Waals surface area contributed by atoms with Crippen LogP contribution in [0.1, 0.15) is 19.4 Å². The maximum absolute atomic E-state index is 5.40. The number of nitrogens with zero attached hydrogens (tertiary/aromatic N) is 1. The molecule has 0 fully saturated rings. The van der Waals surface area contributed by atoms with Gasteiger partial charge in [0.25, 0.3) is 0 Å². The summed E-state index contributed by atoms with van der Waals surface area (Å²) < 4.78 is 5.40. The number of hydrogen-bond donors (Lipinski definition) is 2. The Balaban J connectivity index is 1.84. The van der Waals surface area contributed by atoms with Crippen LogP contribution in [-0.4, -0.2) is 38.8 Å². The van der Waals surface area contributed by atoms with Gasteiger partial charge >= 0.3 is 0 Å². The van der Waals surface area contributed by atoms with Gasteiger partial charge in [0.1, 0.15) is 0 Å². The molecule has 0 saturated carbocycles. The summed E-state index contributed by atoms with van der Waals surface area (Å²) in [5.41, 5.74) is 1.11. The highest BCUT2D eigenvalue weighted by Crippen LogP contribution is 2.15. The van der Waals surface area contributed by atoms with Gasteiger partial charge in [0.2, 0.25) is 0 Å². The van der Waals surface area contributed by atoms with Gasteiger partial charge in [0.15, 0.2) is 5.96 Å². The van der Waals surface area contributed by atoms with E-state index in [-0.39, 0.29) is 5.60 Å². The lowest BCUT2D eigenvalue weighted by atomic mass is 10.1. The van der Waals surface area contributed by atoms with Crippen molar-refractivity contribution in [2.75, 3.05) is 27.2 Å². The van der Waals surface area contributed by atoms with Gasteiger partial charge in [0.05, 0.1) is 5.60 Å². The third-order valence-corrected chi connectivity index (χ3v) is 3.98. The fraction of sp³-hybridized carbons (Fsp3) is 0.421. The fourth-order valence-corrected chi connectivity index (χ4v) is 2.31. The molecule has 0 bridgehead atoms. The van der Waals surface area contributed by atoms with E-state index in [2.05, 4.69) is 58.1 Å². The summed E-state index contributed by atoms with van der Waals surface area (Å²) in [6.07, 6.45) is 0.958. The molecular formula is C19H27N3O. The maximum atomic E-state index is 5.40. The smallest absolute Gasteiger partial charge is 0.191 e. The second-order valence-corrected chi connectivity index (χ2v) is 6.25. The van der Waals surface area contributed by atoms with Gasteiger partial charge in [-0.1, -0.05) is 42.5 Å². The third-order valence-electron chi connectivity index (χ3n) is 3.98. The third kappa shape index (κ3) is 5.25. The minimum absolute atomic E-state index is 0.212. The van der Waals surface area contributed by atoms with Gasteiger partial charge in [-0.2, -0.15) is 0 Å². The lowest BCUT2D eigenvalue weighted by Gasteiger charge is -2.24. The molecule has 2 aromatic carbocycles. The van der Waals surface area contributed by atoms with Crippen LogP contribution in [0, 0.1) is 0 Å². The fourth-order valence-electron chi connectivity index (χ4n) is 2.31. The summed E-state index contributed by atoms with van der Waals surface area (Å²) in [4.78, 5) is 4.25. The van der Waals surface area contributed by atoms with Gasteiger partial charge in [-0.3, -0.25) is 4.99 Å². The van der Waals surface area contributed by atoms with Crippen molar-refractivity contribution in [3.05, 3.63) is 48.0 Å². The molecule has 2 aromatic rings. The van der Waals surface area contributed by atoms with E-state index in [4.69, 9.17) is 4.74 Å². The predicted molar refractivity (Wildman–Crippen MR) is 98.1 cm³/mol. The lowest BCUT2D eigenvalue weighted by molar-refractivity contribution is 0.0268. The first-order valence-corrected chi connectivity index (χ1v) is 8.01. The molecule has 23 heavy (non-hydrogen) atoms. The van der Waals surface area contributed by atoms with Crippen molar-refractivity contribution in [3.63, 3.8) is 0 Å². The molecule has 4 heteroatoms. The van der Waals surface area contributed by atoms with Gasteiger partial charge < -0.3 is 15.4 Å². The first kappa shape index (κ1) is 17.3. The first-order valence-electron chi connectivity index (χ1n) is 8.01. The number of methoxy groups -OCH3 is 1. The maximum Gasteiger partial charge on any atom is 0.191 e. The van der Waals surface area contributed by atoms with Crippen LogP contribution >= 0.6 is 0 Å². The highest BCUT2D eigenvalue weighted by Gasteiger charge is 2.16. The zero-order valence-electron chi connectivity index (χ0n) is 14.5. The van der Waals surface area contributed by atoms with Crippen LogP contribution in [0.5, 0.6) is 0 Å². The SMILES string of the molecule is CN=C(NCCc1ccc2ccccc2c1)NCC(C)(C)OC. The second-order valence-electron chi connectivity index (χ2n) is 6.25. The normalized spacial score (nSPS) is 12.4. The van der Waals surface area contributed by atoms with E-state index in [1.807, 2.05) is 13.8 Å². The molecular weight excluding hydrogens is 286 g/mol. The first-order chi connectivity index (χ1) is 11.0. The molecule has 124 valence electrons. The molecule has 0 aliphatic carbocycles. The molecule has 2 N–H and O–H groups in total. The minimum atomic E-state index is -0.212. The monoisotopic (exact) mass is 313 g/mol. The molecule has 0 aliphatic heterocycles. The van der Waals surface area contributed by atoms with Gasteiger partial charge in [0, 0.05) is 27.2 Å². The Morgan fingerprint density at radius 3 is 2.52 bits per heavy atom. The van der Waals surface area contributed by atoms with Crippen molar-refractivity contribution in [2.24, 2.45) is 4.99 Å². The number of ether oxygens (including phenoxy) is 1. The van der Waals surface area contributed by atoms with E-state index >= 15 is 0 Å². The Labute approximate surface area is 139 Å². The van der Waals surface area contributed by atoms with E-state index in [0.717, 1.165) is 18.9 Å². The zero-order valence-corrected chi connectivity index (χ0v) is 14.5. The summed E-state index contributed by atoms with van der Waals surface area (Å²) >= 11 is 0. The molecule has 0 aromatic heterocycles. The topological polar surface area (TPSA) is 45.7 Å². The molecule has 0 atom stereocenters. The summed E-state index contributed by atoms with van der Waals surface area (Å²) in [6, 6.07) is 15.1. The van der Waals surface area contributed by atoms with E-state index < -0.39 is 0 Å². The van der Waals surface area contributed by atoms with Crippen LogP contribution in [0.2, 0.25) is 0 Å². The van der Waals surface area contributed by atoms with Crippen LogP contribution in [-0.2, 0) is 11.2 Å². The quantitative estimate of drug-likeness (QED) is 0.636. The highest BCUT2D eigenvalue weighted by molar-refractivity contribution is 5.83. The molecule has 2 rings (SSSR count). The zero-order chi connectivity index (χ0) is 16.7. The Bertz CT molecular complexity index is 664. The van der Waals surface area contributed by atoms with Crippen molar-refractivity contribution in [1.82, 2.24) is 10.6 Å². The Morgan fingerprint density at radius 2 is 1.83 bits per heavy atom. The molecule has 0 heterocycles. The van der Waals surface area contributed by atoms with Crippen molar-refractivity contribution < 1.29 is 4.74 Å². The minimum Gasteiger partial charge on any atom is -0.377 e. The molecule has 0 aliphatic rings. The predicted octanol–water partition coefficient (Wildman–Crippen LogP) is 2.97. The van der Waals surface area contributed by atoms with Crippen molar-refractivity contribution in [3.8, 4) is 0 Å². The Morgan fingerprint density at radius 1 is 1.09 bits per heavy atom. The van der Waals surface area contributed by atoms with Gasteiger partial charge in [-0.25, -0.2) is 0 Å². The summed E-state index contributed by atoms with van der Waals surface area (Å²) in [6.45, 7) is 5.63. The van der Waals surface area contributed by atoms with E-state index in [0.29, 0.717) is 6.54 Å². The molecule has 0 amide bonds. The largest absolute Gasteiger partial charge is 0.377 e. The number of guanidine groups is 1. The number of aliphatic imine (C=N–C) groups is 1. The van der Waals surface area contributed by atoms with Crippen LogP contribution in [0.4, 0.5) is 0 Å². The second kappa shape index (κ2) is 7.97. The Hall–Kier alpha value is -2.07. The van der Waals surface area contributed by atoms with Crippen molar-refractivity contribution in [1.29, 1.82) is 0 Å². The van der Waals surface area contributed by atoms with Crippen molar-refractivity contribution >= 4 is 16.7 Å². The number of hydrogen-bond acceptors (Lipinski definition) is 2. The molecule has 4 nitrogen and oxygen atoms in total. The van der Waals surface area contributed by atoms with Crippen LogP contribution in [0.25, 0.3) is 10.8 Å². The molecule has 0 radical (unpaired) electrons. The number of rotatable bonds is 6. The van der Waals surface area contributed by atoms with E-state index in [1.54, 1.807) is 14.2 Å². The highest BCUT2D eigenvalue weighted by atomic mass is 16.5. The number of nitrogens with one attached hydrogen (secondary N) is 2. The molecule has 0 unspecified atom stereocenters. The van der Waals surface area contributed by atoms with Gasteiger partial charge in [-0.05, 0) is 36.6 Å². The molecule has 0 spiro atoms.